The average molecular weight is 231 g/mol. The largest absolute Gasteiger partial charge is 0.383 e. The van der Waals surface area contributed by atoms with E-state index in [4.69, 9.17) is 5.73 Å². The van der Waals surface area contributed by atoms with Crippen LogP contribution in [0.2, 0.25) is 0 Å². The first-order valence-corrected chi connectivity index (χ1v) is 5.74. The summed E-state index contributed by atoms with van der Waals surface area (Å²) in [6.07, 6.45) is 4.62. The fourth-order valence-electron chi connectivity index (χ4n) is 1.69. The highest BCUT2D eigenvalue weighted by atomic mass is 15.1. The SMILES string of the molecule is CCCn1cncc1-c1nc(C)c(C)c(N)n1. The lowest BCUT2D eigenvalue weighted by Crippen LogP contribution is -2.05. The van der Waals surface area contributed by atoms with Gasteiger partial charge in [0.25, 0.3) is 0 Å². The number of hydrogen-bond donors (Lipinski definition) is 1. The van der Waals surface area contributed by atoms with Crippen molar-refractivity contribution in [1.82, 2.24) is 19.5 Å². The Balaban J connectivity index is 2.49. The highest BCUT2D eigenvalue weighted by Crippen LogP contribution is 2.19. The van der Waals surface area contributed by atoms with E-state index in [2.05, 4.69) is 21.9 Å². The Morgan fingerprint density at radius 2 is 2.06 bits per heavy atom. The van der Waals surface area contributed by atoms with Crippen LogP contribution in [0.15, 0.2) is 12.5 Å². The third-order valence-corrected chi connectivity index (χ3v) is 2.83. The number of aromatic nitrogens is 4. The minimum absolute atomic E-state index is 0.539. The topological polar surface area (TPSA) is 69.6 Å². The molecule has 2 heterocycles. The zero-order valence-corrected chi connectivity index (χ0v) is 10.4. The van der Waals surface area contributed by atoms with Gasteiger partial charge in [-0.2, -0.15) is 0 Å². The standard InChI is InChI=1S/C12H17N5/c1-4-5-17-7-14-6-10(17)12-15-9(3)8(2)11(13)16-12/h6-7H,4-5H2,1-3H3,(H2,13,15,16). The molecule has 5 heteroatoms. The van der Waals surface area contributed by atoms with Crippen molar-refractivity contribution >= 4 is 5.82 Å². The maximum Gasteiger partial charge on any atom is 0.180 e. The normalized spacial score (nSPS) is 10.8. The molecule has 0 aliphatic carbocycles. The molecule has 0 aliphatic heterocycles. The molecule has 0 fully saturated rings. The highest BCUT2D eigenvalue weighted by molar-refractivity contribution is 5.54. The molecular weight excluding hydrogens is 214 g/mol. The highest BCUT2D eigenvalue weighted by Gasteiger charge is 2.11. The van der Waals surface area contributed by atoms with Crippen LogP contribution in [0.3, 0.4) is 0 Å². The van der Waals surface area contributed by atoms with E-state index < -0.39 is 0 Å². The molecule has 5 nitrogen and oxygen atoms in total. The molecule has 0 saturated carbocycles. The molecule has 2 N–H and O–H groups in total. The smallest absolute Gasteiger partial charge is 0.180 e. The van der Waals surface area contributed by atoms with Crippen LogP contribution in [0.5, 0.6) is 0 Å². The van der Waals surface area contributed by atoms with E-state index >= 15 is 0 Å². The zero-order valence-electron chi connectivity index (χ0n) is 10.4. The van der Waals surface area contributed by atoms with Crippen molar-refractivity contribution < 1.29 is 0 Å². The van der Waals surface area contributed by atoms with Gasteiger partial charge in [0.05, 0.1) is 12.5 Å². The van der Waals surface area contributed by atoms with E-state index in [0.717, 1.165) is 29.9 Å². The van der Waals surface area contributed by atoms with Gasteiger partial charge in [0.2, 0.25) is 0 Å². The van der Waals surface area contributed by atoms with E-state index in [1.54, 1.807) is 12.5 Å². The molecule has 0 aliphatic rings. The van der Waals surface area contributed by atoms with Crippen molar-refractivity contribution in [2.45, 2.75) is 33.7 Å². The number of aryl methyl sites for hydroxylation is 2. The predicted octanol–water partition coefficient (Wildman–Crippen LogP) is 1.95. The van der Waals surface area contributed by atoms with Gasteiger partial charge in [0.1, 0.15) is 11.5 Å². The summed E-state index contributed by atoms with van der Waals surface area (Å²) in [7, 11) is 0. The summed E-state index contributed by atoms with van der Waals surface area (Å²) in [5, 5.41) is 0. The van der Waals surface area contributed by atoms with E-state index in [1.807, 2.05) is 18.4 Å². The average Bonchev–Trinajstić information content (AvgIpc) is 2.74. The molecule has 0 radical (unpaired) electrons. The fourth-order valence-corrected chi connectivity index (χ4v) is 1.69. The first kappa shape index (κ1) is 11.6. The Morgan fingerprint density at radius 3 is 2.71 bits per heavy atom. The summed E-state index contributed by atoms with van der Waals surface area (Å²) >= 11 is 0. The number of nitrogens with zero attached hydrogens (tertiary/aromatic N) is 4. The number of rotatable bonds is 3. The number of imidazole rings is 1. The number of hydrogen-bond acceptors (Lipinski definition) is 4. The maximum atomic E-state index is 5.87. The molecule has 0 amide bonds. The first-order chi connectivity index (χ1) is 8.13. The predicted molar refractivity (Wildman–Crippen MR) is 67.4 cm³/mol. The Hall–Kier alpha value is -1.91. The summed E-state index contributed by atoms with van der Waals surface area (Å²) in [5.74, 6) is 1.19. The third kappa shape index (κ3) is 2.13. The molecule has 2 aromatic rings. The first-order valence-electron chi connectivity index (χ1n) is 5.74. The molecule has 90 valence electrons. The number of nitrogen functional groups attached to an aromatic ring is 1. The second-order valence-corrected chi connectivity index (χ2v) is 4.12. The van der Waals surface area contributed by atoms with Crippen LogP contribution < -0.4 is 5.73 Å². The summed E-state index contributed by atoms with van der Waals surface area (Å²) in [6, 6.07) is 0. The number of anilines is 1. The molecule has 0 bridgehead atoms. The second kappa shape index (κ2) is 4.53. The van der Waals surface area contributed by atoms with Crippen molar-refractivity contribution in [2.24, 2.45) is 0 Å². The number of nitrogens with two attached hydrogens (primary N) is 1. The Morgan fingerprint density at radius 1 is 1.29 bits per heavy atom. The zero-order chi connectivity index (χ0) is 12.4. The molecule has 0 aromatic carbocycles. The van der Waals surface area contributed by atoms with Crippen molar-refractivity contribution in [1.29, 1.82) is 0 Å². The van der Waals surface area contributed by atoms with Gasteiger partial charge in [-0.15, -0.1) is 0 Å². The van der Waals surface area contributed by atoms with Crippen LogP contribution >= 0.6 is 0 Å². The van der Waals surface area contributed by atoms with Gasteiger partial charge in [0.15, 0.2) is 5.82 Å². The van der Waals surface area contributed by atoms with E-state index in [9.17, 15) is 0 Å². The lowest BCUT2D eigenvalue weighted by Gasteiger charge is -2.08. The lowest BCUT2D eigenvalue weighted by molar-refractivity contribution is 0.681. The van der Waals surface area contributed by atoms with Gasteiger partial charge in [-0.3, -0.25) is 0 Å². The summed E-state index contributed by atoms with van der Waals surface area (Å²) < 4.78 is 2.05. The van der Waals surface area contributed by atoms with Crippen molar-refractivity contribution in [3.8, 4) is 11.5 Å². The van der Waals surface area contributed by atoms with Crippen LogP contribution in [-0.2, 0) is 6.54 Å². The Kier molecular flexibility index (Phi) is 3.08. The lowest BCUT2D eigenvalue weighted by atomic mass is 10.2. The van der Waals surface area contributed by atoms with Crippen LogP contribution in [0, 0.1) is 13.8 Å². The molecule has 0 unspecified atom stereocenters. The molecule has 0 atom stereocenters. The van der Waals surface area contributed by atoms with E-state index in [-0.39, 0.29) is 0 Å². The van der Waals surface area contributed by atoms with Gasteiger partial charge in [-0.25, -0.2) is 15.0 Å². The van der Waals surface area contributed by atoms with Crippen LogP contribution in [0.25, 0.3) is 11.5 Å². The molecule has 0 spiro atoms. The Bertz CT molecular complexity index is 506. The van der Waals surface area contributed by atoms with Crippen LogP contribution in [0.4, 0.5) is 5.82 Å². The summed E-state index contributed by atoms with van der Waals surface area (Å²) in [6.45, 7) is 6.90. The maximum absolute atomic E-state index is 5.87. The molecule has 2 rings (SSSR count). The summed E-state index contributed by atoms with van der Waals surface area (Å²) in [4.78, 5) is 12.9. The van der Waals surface area contributed by atoms with E-state index in [1.165, 1.54) is 0 Å². The third-order valence-electron chi connectivity index (χ3n) is 2.83. The monoisotopic (exact) mass is 231 g/mol. The minimum Gasteiger partial charge on any atom is -0.383 e. The second-order valence-electron chi connectivity index (χ2n) is 4.12. The van der Waals surface area contributed by atoms with Crippen LogP contribution in [-0.4, -0.2) is 19.5 Å². The van der Waals surface area contributed by atoms with Gasteiger partial charge < -0.3 is 10.3 Å². The van der Waals surface area contributed by atoms with Gasteiger partial charge >= 0.3 is 0 Å². The molecular formula is C12H17N5. The molecule has 2 aromatic heterocycles. The quantitative estimate of drug-likeness (QED) is 0.876. The van der Waals surface area contributed by atoms with Crippen molar-refractivity contribution in [2.75, 3.05) is 5.73 Å². The summed E-state index contributed by atoms with van der Waals surface area (Å²) in [5.41, 5.74) is 8.64. The molecule has 17 heavy (non-hydrogen) atoms. The molecule has 0 saturated heterocycles. The van der Waals surface area contributed by atoms with E-state index in [0.29, 0.717) is 11.6 Å². The Labute approximate surface area is 101 Å². The van der Waals surface area contributed by atoms with Gasteiger partial charge in [-0.05, 0) is 20.3 Å². The minimum atomic E-state index is 0.539. The van der Waals surface area contributed by atoms with Gasteiger partial charge in [-0.1, -0.05) is 6.92 Å². The van der Waals surface area contributed by atoms with Gasteiger partial charge in [0, 0.05) is 17.8 Å². The fraction of sp³-hybridized carbons (Fsp3) is 0.417. The van der Waals surface area contributed by atoms with Crippen molar-refractivity contribution in [3.63, 3.8) is 0 Å². The van der Waals surface area contributed by atoms with Crippen molar-refractivity contribution in [3.05, 3.63) is 23.8 Å². The van der Waals surface area contributed by atoms with Crippen LogP contribution in [0.1, 0.15) is 24.6 Å².